The highest BCUT2D eigenvalue weighted by Gasteiger charge is 2.53. The van der Waals surface area contributed by atoms with E-state index in [9.17, 15) is 49.2 Å². The van der Waals surface area contributed by atoms with Gasteiger partial charge in [-0.3, -0.25) is 28.8 Å². The van der Waals surface area contributed by atoms with E-state index in [2.05, 4.69) is 10.6 Å². The van der Waals surface area contributed by atoms with E-state index in [0.29, 0.717) is 6.54 Å². The van der Waals surface area contributed by atoms with Crippen molar-refractivity contribution in [1.82, 2.24) is 10.6 Å². The van der Waals surface area contributed by atoms with E-state index in [1.165, 1.54) is 13.0 Å². The Kier molecular flexibility index (Phi) is 18.9. The quantitative estimate of drug-likeness (QED) is 0.0692. The van der Waals surface area contributed by atoms with Gasteiger partial charge in [0, 0.05) is 40.8 Å². The Balaban J connectivity index is 0.000000264. The van der Waals surface area contributed by atoms with Crippen LogP contribution in [0.1, 0.15) is 58.2 Å². The number of thiophene rings is 2. The first-order valence-electron chi connectivity index (χ1n) is 20.3. The number of esters is 4. The normalized spacial score (nSPS) is 24.5. The molecule has 2 saturated heterocycles. The average molecular weight is 959 g/mol. The van der Waals surface area contributed by atoms with Crippen molar-refractivity contribution in [3.05, 3.63) is 104 Å². The lowest BCUT2D eigenvalue weighted by Gasteiger charge is -2.43. The summed E-state index contributed by atoms with van der Waals surface area (Å²) in [7, 11) is 0. The standard InChI is InChI=1S/C26H29NO11S.C18H21NO7S/c1-14(28)33-13-20-21(34-15(2)29)22(35-16(3)30)23(36-17(4)31)26(38-20)37-19-10-11-39-24(19)25(32)27-12-18-8-6-5-7-9-18;20-9-12-13(21)14(22)15(23)18(26-12)25-11-6-7-27-16(11)17(24)19-8-10-4-2-1-3-5-10/h5-11,20-23,26H,12-13H2,1-4H3,(H,27,32);1-7,12-15,18,20-23H,8-9H2,(H,19,24). The minimum Gasteiger partial charge on any atom is -0.463 e. The third kappa shape index (κ3) is 14.3. The van der Waals surface area contributed by atoms with Crippen LogP contribution in [0.2, 0.25) is 0 Å². The Morgan fingerprint density at radius 2 is 1.02 bits per heavy atom. The highest BCUT2D eigenvalue weighted by atomic mass is 32.1. The molecule has 22 heteroatoms. The second-order valence-electron chi connectivity index (χ2n) is 14.6. The largest absolute Gasteiger partial charge is 0.463 e. The fourth-order valence-electron chi connectivity index (χ4n) is 6.53. The number of nitrogens with one attached hydrogen (secondary N) is 2. The molecule has 6 rings (SSSR count). The molecule has 20 nitrogen and oxygen atoms in total. The van der Waals surface area contributed by atoms with Crippen LogP contribution in [-0.2, 0) is 60.7 Å². The van der Waals surface area contributed by atoms with Gasteiger partial charge in [-0.1, -0.05) is 60.7 Å². The monoisotopic (exact) mass is 958 g/mol. The van der Waals surface area contributed by atoms with Crippen molar-refractivity contribution < 1.29 is 87.1 Å². The lowest BCUT2D eigenvalue weighted by molar-refractivity contribution is -0.288. The zero-order valence-corrected chi connectivity index (χ0v) is 37.6. The highest BCUT2D eigenvalue weighted by Crippen LogP contribution is 2.34. The van der Waals surface area contributed by atoms with Crippen LogP contribution in [0.5, 0.6) is 11.5 Å². The maximum absolute atomic E-state index is 12.9. The van der Waals surface area contributed by atoms with E-state index in [0.717, 1.165) is 54.6 Å². The molecule has 4 heterocycles. The van der Waals surface area contributed by atoms with Gasteiger partial charge in [0.1, 0.15) is 58.4 Å². The Bertz CT molecular complexity index is 2240. The van der Waals surface area contributed by atoms with Gasteiger partial charge in [0.2, 0.25) is 18.7 Å². The van der Waals surface area contributed by atoms with Crippen molar-refractivity contribution in [1.29, 1.82) is 0 Å². The first-order chi connectivity index (χ1) is 31.6. The number of amides is 2. The van der Waals surface area contributed by atoms with E-state index in [1.807, 2.05) is 60.7 Å². The molecule has 2 aliphatic rings. The van der Waals surface area contributed by atoms with Gasteiger partial charge in [-0.05, 0) is 34.0 Å². The van der Waals surface area contributed by atoms with Gasteiger partial charge in [0.15, 0.2) is 12.2 Å². The van der Waals surface area contributed by atoms with Crippen LogP contribution in [-0.4, -0.2) is 131 Å². The van der Waals surface area contributed by atoms with Crippen molar-refractivity contribution in [3.8, 4) is 11.5 Å². The fraction of sp³-hybridized carbons (Fsp3) is 0.409. The van der Waals surface area contributed by atoms with E-state index in [-0.39, 0.29) is 33.7 Å². The maximum Gasteiger partial charge on any atom is 0.303 e. The number of carbonyl (C=O) groups is 6. The van der Waals surface area contributed by atoms with Gasteiger partial charge >= 0.3 is 23.9 Å². The van der Waals surface area contributed by atoms with Gasteiger partial charge in [-0.25, -0.2) is 0 Å². The van der Waals surface area contributed by atoms with Crippen molar-refractivity contribution in [2.24, 2.45) is 0 Å². The fourth-order valence-corrected chi connectivity index (χ4v) is 8.01. The summed E-state index contributed by atoms with van der Waals surface area (Å²) in [5.41, 5.74) is 1.84. The predicted octanol–water partition coefficient (Wildman–Crippen LogP) is 2.00. The molecule has 2 aromatic heterocycles. The van der Waals surface area contributed by atoms with Gasteiger partial charge in [-0.2, -0.15) is 0 Å². The van der Waals surface area contributed by atoms with E-state index in [1.54, 1.807) is 16.8 Å². The van der Waals surface area contributed by atoms with Crippen LogP contribution < -0.4 is 20.1 Å². The second-order valence-corrected chi connectivity index (χ2v) is 16.4. The molecular formula is C44H50N2O18S2. The highest BCUT2D eigenvalue weighted by molar-refractivity contribution is 7.12. The van der Waals surface area contributed by atoms with Crippen molar-refractivity contribution >= 4 is 58.4 Å². The molecule has 2 aromatic carbocycles. The molecule has 0 radical (unpaired) electrons. The number of hydrogen-bond donors (Lipinski definition) is 6. The van der Waals surface area contributed by atoms with Crippen molar-refractivity contribution in [2.45, 2.75) is 102 Å². The first-order valence-corrected chi connectivity index (χ1v) is 22.1. The SMILES string of the molecule is CC(=O)OCC1OC(Oc2ccsc2C(=O)NCc2ccccc2)C(OC(C)=O)C(OC(C)=O)C1OC(C)=O.O=C(NCc1ccccc1)c1sccc1OC1OC(CO)C(O)C(O)C1O. The Morgan fingerprint density at radius 1 is 0.561 bits per heavy atom. The van der Waals surface area contributed by atoms with Gasteiger partial charge in [-0.15, -0.1) is 22.7 Å². The lowest BCUT2D eigenvalue weighted by atomic mass is 9.98. The molecule has 10 atom stereocenters. The number of aliphatic hydroxyl groups is 4. The minimum absolute atomic E-state index is 0.103. The summed E-state index contributed by atoms with van der Waals surface area (Å²) in [6, 6.07) is 21.8. The van der Waals surface area contributed by atoms with Gasteiger partial charge < -0.3 is 69.0 Å². The Labute approximate surface area is 386 Å². The maximum atomic E-state index is 12.9. The molecule has 0 spiro atoms. The Hall–Kier alpha value is -5.98. The van der Waals surface area contributed by atoms with Crippen LogP contribution in [0.4, 0.5) is 0 Å². The van der Waals surface area contributed by atoms with Crippen molar-refractivity contribution in [3.63, 3.8) is 0 Å². The molecule has 2 aliphatic heterocycles. The number of benzene rings is 2. The molecule has 10 unspecified atom stereocenters. The predicted molar refractivity (Wildman–Crippen MR) is 231 cm³/mol. The van der Waals surface area contributed by atoms with E-state index >= 15 is 0 Å². The second kappa shape index (κ2) is 24.5. The number of hydrogen-bond acceptors (Lipinski definition) is 20. The van der Waals surface area contributed by atoms with Crippen LogP contribution in [0.3, 0.4) is 0 Å². The summed E-state index contributed by atoms with van der Waals surface area (Å²) in [6.45, 7) is 4.21. The summed E-state index contributed by atoms with van der Waals surface area (Å²) in [5.74, 6) is -3.41. The van der Waals surface area contributed by atoms with E-state index < -0.39 is 104 Å². The smallest absolute Gasteiger partial charge is 0.303 e. The van der Waals surface area contributed by atoms with Crippen LogP contribution >= 0.6 is 22.7 Å². The number of aliphatic hydroxyl groups excluding tert-OH is 4. The molecule has 4 aromatic rings. The lowest BCUT2D eigenvalue weighted by Crippen LogP contribution is -2.63. The molecule has 2 amide bonds. The van der Waals surface area contributed by atoms with Crippen molar-refractivity contribution in [2.75, 3.05) is 13.2 Å². The number of carbonyl (C=O) groups excluding carboxylic acids is 6. The Morgan fingerprint density at radius 3 is 1.48 bits per heavy atom. The summed E-state index contributed by atoms with van der Waals surface area (Å²) in [6.07, 6.45) is -13.7. The molecule has 66 heavy (non-hydrogen) atoms. The minimum atomic E-state index is -1.55. The third-order valence-corrected chi connectivity index (χ3v) is 11.3. The van der Waals surface area contributed by atoms with Gasteiger partial charge in [0.05, 0.1) is 6.61 Å². The molecule has 0 saturated carbocycles. The summed E-state index contributed by atoms with van der Waals surface area (Å²) < 4.78 is 44.0. The van der Waals surface area contributed by atoms with Crippen LogP contribution in [0.25, 0.3) is 0 Å². The molecule has 2 fully saturated rings. The van der Waals surface area contributed by atoms with Crippen LogP contribution in [0.15, 0.2) is 83.6 Å². The molecule has 0 aliphatic carbocycles. The molecule has 0 bridgehead atoms. The first kappa shape index (κ1) is 51.0. The third-order valence-electron chi connectivity index (χ3n) is 9.55. The molecule has 6 N–H and O–H groups in total. The molecular weight excluding hydrogens is 909 g/mol. The number of ether oxygens (including phenoxy) is 8. The van der Waals surface area contributed by atoms with Crippen LogP contribution in [0, 0.1) is 0 Å². The summed E-state index contributed by atoms with van der Waals surface area (Å²) in [4.78, 5) is 73.2. The average Bonchev–Trinajstić information content (AvgIpc) is 3.96. The summed E-state index contributed by atoms with van der Waals surface area (Å²) in [5, 5.41) is 47.8. The van der Waals surface area contributed by atoms with E-state index in [4.69, 9.17) is 37.9 Å². The number of rotatable bonds is 16. The topological polar surface area (TPSA) is 281 Å². The zero-order valence-electron chi connectivity index (χ0n) is 36.0. The molecule has 356 valence electrons. The zero-order chi connectivity index (χ0) is 47.9. The van der Waals surface area contributed by atoms with Gasteiger partial charge in [0.25, 0.3) is 11.8 Å². The summed E-state index contributed by atoms with van der Waals surface area (Å²) >= 11 is 2.26.